The Bertz CT molecular complexity index is 996. The van der Waals surface area contributed by atoms with Crippen molar-refractivity contribution in [3.63, 3.8) is 0 Å². The number of nitrogens with zero attached hydrogens (tertiary/aromatic N) is 1. The molecule has 0 spiro atoms. The predicted octanol–water partition coefficient (Wildman–Crippen LogP) is 4.22. The van der Waals surface area contributed by atoms with E-state index in [2.05, 4.69) is 5.32 Å². The Kier molecular flexibility index (Phi) is 5.67. The molecule has 0 aliphatic heterocycles. The van der Waals surface area contributed by atoms with Gasteiger partial charge in [0.05, 0.1) is 17.1 Å². The van der Waals surface area contributed by atoms with E-state index in [4.69, 9.17) is 11.6 Å². The molecule has 0 fully saturated rings. The quantitative estimate of drug-likeness (QED) is 0.641. The minimum atomic E-state index is -3.79. The van der Waals surface area contributed by atoms with Gasteiger partial charge in [0.1, 0.15) is 4.88 Å². The summed E-state index contributed by atoms with van der Waals surface area (Å²) in [5, 5.41) is 6.91. The fraction of sp³-hybridized carbons (Fsp3) is 0.118. The van der Waals surface area contributed by atoms with E-state index in [1.807, 2.05) is 17.5 Å². The third-order valence-electron chi connectivity index (χ3n) is 3.67. The molecule has 0 atom stereocenters. The zero-order valence-corrected chi connectivity index (χ0v) is 16.9. The number of carbonyl (C=O) groups excluding carboxylic acids is 1. The zero-order valence-electron chi connectivity index (χ0n) is 13.7. The summed E-state index contributed by atoms with van der Waals surface area (Å²) in [6.07, 6.45) is 0. The molecule has 0 saturated heterocycles. The number of thiophene rings is 2. The number of benzene rings is 1. The van der Waals surface area contributed by atoms with E-state index in [1.54, 1.807) is 22.8 Å². The van der Waals surface area contributed by atoms with E-state index in [-0.39, 0.29) is 10.8 Å². The summed E-state index contributed by atoms with van der Waals surface area (Å²) >= 11 is 8.57. The Labute approximate surface area is 164 Å². The van der Waals surface area contributed by atoms with Crippen molar-refractivity contribution in [3.05, 3.63) is 68.0 Å². The van der Waals surface area contributed by atoms with Gasteiger partial charge >= 0.3 is 0 Å². The van der Waals surface area contributed by atoms with E-state index in [0.29, 0.717) is 22.1 Å². The first-order chi connectivity index (χ1) is 12.4. The number of hydrogen-bond donors (Lipinski definition) is 1. The molecule has 2 heterocycles. The Morgan fingerprint density at radius 2 is 1.85 bits per heavy atom. The van der Waals surface area contributed by atoms with Crippen LogP contribution in [0.1, 0.15) is 14.5 Å². The molecule has 1 amide bonds. The highest BCUT2D eigenvalue weighted by atomic mass is 35.5. The first-order valence-corrected chi connectivity index (χ1v) is 11.1. The number of hydrogen-bond acceptors (Lipinski definition) is 5. The first kappa shape index (κ1) is 18.9. The van der Waals surface area contributed by atoms with Crippen molar-refractivity contribution < 1.29 is 13.2 Å². The lowest BCUT2D eigenvalue weighted by atomic mass is 10.3. The van der Waals surface area contributed by atoms with Crippen LogP contribution in [-0.2, 0) is 16.6 Å². The summed E-state index contributed by atoms with van der Waals surface area (Å²) in [6, 6.07) is 11.4. The second-order valence-corrected chi connectivity index (χ2v) is 9.68. The maximum atomic E-state index is 12.8. The van der Waals surface area contributed by atoms with Gasteiger partial charge in [-0.15, -0.1) is 22.7 Å². The third kappa shape index (κ3) is 3.93. The van der Waals surface area contributed by atoms with Gasteiger partial charge in [-0.3, -0.25) is 9.10 Å². The molecular weight excluding hydrogens is 412 g/mol. The molecule has 3 rings (SSSR count). The molecule has 9 heteroatoms. The summed E-state index contributed by atoms with van der Waals surface area (Å²) in [5.74, 6) is -0.304. The lowest BCUT2D eigenvalue weighted by molar-refractivity contribution is 0.0956. The Balaban J connectivity index is 1.82. The van der Waals surface area contributed by atoms with Gasteiger partial charge in [-0.2, -0.15) is 0 Å². The second kappa shape index (κ2) is 7.79. The molecular formula is C17H15ClN2O3S3. The van der Waals surface area contributed by atoms with E-state index in [9.17, 15) is 13.2 Å². The zero-order chi connectivity index (χ0) is 18.7. The van der Waals surface area contributed by atoms with E-state index < -0.39 is 10.0 Å². The van der Waals surface area contributed by atoms with Crippen LogP contribution in [0.25, 0.3) is 0 Å². The molecule has 3 aromatic rings. The van der Waals surface area contributed by atoms with Crippen LogP contribution in [0, 0.1) is 0 Å². The summed E-state index contributed by atoms with van der Waals surface area (Å²) < 4.78 is 26.8. The van der Waals surface area contributed by atoms with Gasteiger partial charge in [-0.25, -0.2) is 8.42 Å². The van der Waals surface area contributed by atoms with Crippen LogP contribution < -0.4 is 9.62 Å². The van der Waals surface area contributed by atoms with Crippen molar-refractivity contribution >= 4 is 55.9 Å². The van der Waals surface area contributed by atoms with Gasteiger partial charge in [0, 0.05) is 16.9 Å². The average molecular weight is 427 g/mol. The largest absolute Gasteiger partial charge is 0.346 e. The molecule has 26 heavy (non-hydrogen) atoms. The fourth-order valence-electron chi connectivity index (χ4n) is 2.28. The van der Waals surface area contributed by atoms with E-state index >= 15 is 0 Å². The molecule has 1 N–H and O–H groups in total. The number of amides is 1. The summed E-state index contributed by atoms with van der Waals surface area (Å²) in [7, 11) is -2.36. The maximum absolute atomic E-state index is 12.8. The fourth-order valence-corrected chi connectivity index (χ4v) is 5.15. The number of sulfonamides is 1. The highest BCUT2D eigenvalue weighted by molar-refractivity contribution is 7.92. The van der Waals surface area contributed by atoms with E-state index in [1.165, 1.54) is 42.6 Å². The normalized spacial score (nSPS) is 11.3. The Morgan fingerprint density at radius 1 is 1.12 bits per heavy atom. The first-order valence-electron chi connectivity index (χ1n) is 7.52. The molecule has 0 aliphatic rings. The van der Waals surface area contributed by atoms with Crippen LogP contribution in [0.5, 0.6) is 0 Å². The molecule has 5 nitrogen and oxygen atoms in total. The van der Waals surface area contributed by atoms with Crippen LogP contribution in [0.3, 0.4) is 0 Å². The molecule has 2 aromatic heterocycles. The van der Waals surface area contributed by atoms with Crippen LogP contribution in [-0.4, -0.2) is 21.4 Å². The van der Waals surface area contributed by atoms with Crippen LogP contribution in [0.15, 0.2) is 58.1 Å². The Morgan fingerprint density at radius 3 is 2.50 bits per heavy atom. The third-order valence-corrected chi connectivity index (χ3v) is 7.48. The summed E-state index contributed by atoms with van der Waals surface area (Å²) in [6.45, 7) is 0.404. The van der Waals surface area contributed by atoms with Gasteiger partial charge in [0.15, 0.2) is 0 Å². The van der Waals surface area contributed by atoms with Gasteiger partial charge < -0.3 is 5.32 Å². The monoisotopic (exact) mass is 426 g/mol. The van der Waals surface area contributed by atoms with Crippen molar-refractivity contribution in [2.45, 2.75) is 11.4 Å². The second-order valence-electron chi connectivity index (χ2n) is 5.32. The smallest absolute Gasteiger partial charge is 0.264 e. The van der Waals surface area contributed by atoms with Crippen LogP contribution in [0.2, 0.25) is 5.02 Å². The van der Waals surface area contributed by atoms with Gasteiger partial charge in [-0.05, 0) is 47.2 Å². The maximum Gasteiger partial charge on any atom is 0.264 e. The van der Waals surface area contributed by atoms with Crippen molar-refractivity contribution in [2.24, 2.45) is 0 Å². The number of halogens is 1. The van der Waals surface area contributed by atoms with Gasteiger partial charge in [0.25, 0.3) is 15.9 Å². The molecule has 0 radical (unpaired) electrons. The molecule has 0 unspecified atom stereocenters. The van der Waals surface area contributed by atoms with Gasteiger partial charge in [-0.1, -0.05) is 17.7 Å². The van der Waals surface area contributed by atoms with Crippen LogP contribution in [0.4, 0.5) is 5.69 Å². The Hall–Kier alpha value is -1.87. The summed E-state index contributed by atoms with van der Waals surface area (Å²) in [4.78, 5) is 14.0. The van der Waals surface area contributed by atoms with Crippen molar-refractivity contribution in [1.29, 1.82) is 0 Å². The minimum absolute atomic E-state index is 0.112. The number of rotatable bonds is 6. The van der Waals surface area contributed by atoms with Crippen molar-refractivity contribution in [3.8, 4) is 0 Å². The predicted molar refractivity (Wildman–Crippen MR) is 107 cm³/mol. The molecule has 0 bridgehead atoms. The number of carbonyl (C=O) groups is 1. The summed E-state index contributed by atoms with van der Waals surface area (Å²) in [5.41, 5.74) is 0.341. The SMILES string of the molecule is CN(c1ccsc1C(=O)NCc1cccs1)S(=O)(=O)c1ccc(Cl)cc1. The standard InChI is InChI=1S/C17H15ClN2O3S3/c1-20(26(22,23)14-6-4-12(18)5-7-14)15-8-10-25-16(15)17(21)19-11-13-3-2-9-24-13/h2-10H,11H2,1H3,(H,19,21). The average Bonchev–Trinajstić information content (AvgIpc) is 3.31. The van der Waals surface area contributed by atoms with Crippen molar-refractivity contribution in [2.75, 3.05) is 11.4 Å². The highest BCUT2D eigenvalue weighted by Gasteiger charge is 2.26. The van der Waals surface area contributed by atoms with E-state index in [0.717, 1.165) is 9.18 Å². The minimum Gasteiger partial charge on any atom is -0.346 e. The van der Waals surface area contributed by atoms with Gasteiger partial charge in [0.2, 0.25) is 0 Å². The lowest BCUT2D eigenvalue weighted by Crippen LogP contribution is -2.29. The molecule has 0 aliphatic carbocycles. The number of anilines is 1. The van der Waals surface area contributed by atoms with Crippen molar-refractivity contribution in [1.82, 2.24) is 5.32 Å². The molecule has 136 valence electrons. The highest BCUT2D eigenvalue weighted by Crippen LogP contribution is 2.30. The molecule has 1 aromatic carbocycles. The lowest BCUT2D eigenvalue weighted by Gasteiger charge is -2.19. The molecule has 0 saturated carbocycles. The number of nitrogens with one attached hydrogen (secondary N) is 1. The van der Waals surface area contributed by atoms with Crippen LogP contribution >= 0.6 is 34.3 Å². The topological polar surface area (TPSA) is 66.5 Å².